The van der Waals surface area contributed by atoms with Crippen LogP contribution in [0.2, 0.25) is 0 Å². The van der Waals surface area contributed by atoms with Gasteiger partial charge in [-0.2, -0.15) is 0 Å². The monoisotopic (exact) mass is 481 g/mol. The number of benzene rings is 2. The first-order valence-corrected chi connectivity index (χ1v) is 10.5. The Hall–Kier alpha value is -3.50. The molecule has 3 aliphatic carbocycles. The second kappa shape index (κ2) is 7.78. The lowest BCUT2D eigenvalue weighted by molar-refractivity contribution is -0.286. The molecule has 11 heteroatoms. The first kappa shape index (κ1) is 22.3. The van der Waals surface area contributed by atoms with E-state index in [0.29, 0.717) is 19.3 Å². The lowest BCUT2D eigenvalue weighted by atomic mass is 9.38. The van der Waals surface area contributed by atoms with E-state index in [1.165, 1.54) is 24.3 Å². The summed E-state index contributed by atoms with van der Waals surface area (Å²) in [4.78, 5) is 24.5. The molecule has 0 saturated heterocycles. The summed E-state index contributed by atoms with van der Waals surface area (Å²) >= 11 is 0. The number of fused-ring (bicyclic) bond motifs is 1. The molecule has 1 N–H and O–H groups in total. The number of hydrogen-bond acceptors (Lipinski definition) is 6. The number of Topliss-reactive ketones (excluding diaryl/α,β-unsaturated/α-hetero) is 1. The zero-order valence-corrected chi connectivity index (χ0v) is 17.7. The Morgan fingerprint density at radius 2 is 1.53 bits per heavy atom. The molecule has 3 fully saturated rings. The van der Waals surface area contributed by atoms with Crippen molar-refractivity contribution in [1.29, 1.82) is 0 Å². The minimum absolute atomic E-state index is 0.0738. The van der Waals surface area contributed by atoms with Crippen molar-refractivity contribution >= 4 is 11.7 Å². The molecule has 4 aliphatic rings. The van der Waals surface area contributed by atoms with Crippen LogP contribution in [0.5, 0.6) is 23.0 Å². The Bertz CT molecular complexity index is 1150. The van der Waals surface area contributed by atoms with Crippen LogP contribution in [0.25, 0.3) is 0 Å². The highest BCUT2D eigenvalue weighted by atomic mass is 19.3. The van der Waals surface area contributed by atoms with Crippen molar-refractivity contribution in [1.82, 2.24) is 5.32 Å². The van der Waals surface area contributed by atoms with Crippen molar-refractivity contribution in [3.8, 4) is 23.0 Å². The van der Waals surface area contributed by atoms with Gasteiger partial charge in [-0.05, 0) is 48.9 Å². The summed E-state index contributed by atoms with van der Waals surface area (Å²) in [5, 5.41) is 2.90. The molecule has 0 spiro atoms. The highest BCUT2D eigenvalue weighted by Gasteiger charge is 2.68. The Morgan fingerprint density at radius 3 is 2.26 bits per heavy atom. The van der Waals surface area contributed by atoms with Crippen LogP contribution in [0.3, 0.4) is 0 Å². The van der Waals surface area contributed by atoms with Crippen LogP contribution in [0.1, 0.15) is 25.7 Å². The summed E-state index contributed by atoms with van der Waals surface area (Å²) in [6.45, 7) is -0.562. The Balaban J connectivity index is 1.03. The van der Waals surface area contributed by atoms with E-state index in [4.69, 9.17) is 9.47 Å². The number of rotatable bonds is 9. The van der Waals surface area contributed by atoms with Gasteiger partial charge in [0, 0.05) is 24.1 Å². The van der Waals surface area contributed by atoms with Gasteiger partial charge in [-0.25, -0.2) is 8.78 Å². The van der Waals surface area contributed by atoms with Crippen molar-refractivity contribution in [3.05, 3.63) is 48.0 Å². The molecule has 1 amide bonds. The van der Waals surface area contributed by atoms with Crippen molar-refractivity contribution in [2.24, 2.45) is 5.41 Å². The van der Waals surface area contributed by atoms with Crippen molar-refractivity contribution < 1.29 is 46.1 Å². The highest BCUT2D eigenvalue weighted by Crippen LogP contribution is 2.69. The van der Waals surface area contributed by atoms with E-state index in [-0.39, 0.29) is 65.3 Å². The van der Waals surface area contributed by atoms with Crippen LogP contribution in [0.15, 0.2) is 36.4 Å². The molecule has 7 nitrogen and oxygen atoms in total. The van der Waals surface area contributed by atoms with Crippen molar-refractivity contribution in [2.75, 3.05) is 13.2 Å². The Kier molecular flexibility index (Phi) is 5.10. The van der Waals surface area contributed by atoms with Gasteiger partial charge < -0.3 is 24.3 Å². The van der Waals surface area contributed by atoms with E-state index in [2.05, 4.69) is 14.8 Å². The average molecular weight is 481 g/mol. The van der Waals surface area contributed by atoms with E-state index in [0.717, 1.165) is 12.1 Å². The molecule has 180 valence electrons. The predicted octanol–water partition coefficient (Wildman–Crippen LogP) is 3.74. The normalized spacial score (nSPS) is 25.1. The summed E-state index contributed by atoms with van der Waals surface area (Å²) in [6.07, 6.45) is -1.54. The maximum absolute atomic E-state index is 13.2. The van der Waals surface area contributed by atoms with Gasteiger partial charge in [0.15, 0.2) is 35.5 Å². The molecule has 6 rings (SSSR count). The van der Waals surface area contributed by atoms with E-state index in [9.17, 15) is 27.2 Å². The summed E-state index contributed by atoms with van der Waals surface area (Å²) < 4.78 is 71.5. The maximum atomic E-state index is 13.2. The van der Waals surface area contributed by atoms with Crippen LogP contribution < -0.4 is 24.3 Å². The molecule has 1 aliphatic heterocycles. The predicted molar refractivity (Wildman–Crippen MR) is 107 cm³/mol. The Labute approximate surface area is 190 Å². The number of hydrogen-bond donors (Lipinski definition) is 1. The van der Waals surface area contributed by atoms with Gasteiger partial charge in [0.05, 0.1) is 0 Å². The van der Waals surface area contributed by atoms with E-state index in [1.807, 2.05) is 0 Å². The smallest absolute Gasteiger partial charge is 0.486 e. The number of alkyl halides is 2. The zero-order chi connectivity index (χ0) is 24.1. The van der Waals surface area contributed by atoms with Gasteiger partial charge in [0.2, 0.25) is 0 Å². The molecular weight excluding hydrogens is 462 g/mol. The van der Waals surface area contributed by atoms with Crippen molar-refractivity contribution in [3.63, 3.8) is 0 Å². The molecule has 34 heavy (non-hydrogen) atoms. The van der Waals surface area contributed by atoms with Crippen LogP contribution in [-0.4, -0.2) is 36.7 Å². The molecule has 0 atom stereocenters. The SMILES string of the molecule is O=C(COc1ccc(F)c(F)c1)CC12CC(NC(=O)COc3ccc4c(c3)OC(F)(F)O4)(C1)C2. The lowest BCUT2D eigenvalue weighted by Crippen LogP contribution is -2.75. The number of carbonyl (C=O) groups excluding carboxylic acids is 2. The summed E-state index contributed by atoms with van der Waals surface area (Å²) in [7, 11) is 0. The molecule has 0 aromatic heterocycles. The molecule has 3 saturated carbocycles. The lowest BCUT2D eigenvalue weighted by Gasteiger charge is -2.70. The van der Waals surface area contributed by atoms with E-state index in [1.54, 1.807) is 0 Å². The van der Waals surface area contributed by atoms with Crippen LogP contribution in [0.4, 0.5) is 17.6 Å². The van der Waals surface area contributed by atoms with Gasteiger partial charge in [-0.15, -0.1) is 8.78 Å². The third kappa shape index (κ3) is 4.34. The third-order valence-electron chi connectivity index (χ3n) is 6.15. The molecule has 2 aromatic rings. The minimum Gasteiger partial charge on any atom is -0.486 e. The summed E-state index contributed by atoms with van der Waals surface area (Å²) in [5.74, 6) is -2.63. The fraction of sp³-hybridized carbons (Fsp3) is 0.391. The number of amides is 1. The molecular formula is C23H19F4NO6. The first-order valence-electron chi connectivity index (χ1n) is 10.5. The number of ether oxygens (including phenoxy) is 4. The molecule has 2 aromatic carbocycles. The van der Waals surface area contributed by atoms with E-state index >= 15 is 0 Å². The molecule has 0 unspecified atom stereocenters. The second-order valence-electron chi connectivity index (χ2n) is 9.00. The van der Waals surface area contributed by atoms with Gasteiger partial charge >= 0.3 is 6.29 Å². The maximum Gasteiger partial charge on any atom is 0.586 e. The summed E-state index contributed by atoms with van der Waals surface area (Å²) in [6, 6.07) is 6.93. The van der Waals surface area contributed by atoms with Gasteiger partial charge in [0.25, 0.3) is 5.91 Å². The third-order valence-corrected chi connectivity index (χ3v) is 6.15. The number of ketones is 1. The van der Waals surface area contributed by atoms with Crippen LogP contribution in [0, 0.1) is 17.0 Å². The summed E-state index contributed by atoms with van der Waals surface area (Å²) in [5.41, 5.74) is -0.566. The minimum atomic E-state index is -3.73. The zero-order valence-electron chi connectivity index (χ0n) is 17.7. The van der Waals surface area contributed by atoms with Gasteiger partial charge in [-0.1, -0.05) is 0 Å². The quantitative estimate of drug-likeness (QED) is 0.550. The van der Waals surface area contributed by atoms with Gasteiger partial charge in [-0.3, -0.25) is 9.59 Å². The highest BCUT2D eigenvalue weighted by molar-refractivity contribution is 5.82. The van der Waals surface area contributed by atoms with Crippen molar-refractivity contribution in [2.45, 2.75) is 37.5 Å². The Morgan fingerprint density at radius 1 is 0.882 bits per heavy atom. The molecule has 2 bridgehead atoms. The molecule has 1 heterocycles. The fourth-order valence-corrected chi connectivity index (χ4v) is 5.02. The van der Waals surface area contributed by atoms with Crippen LogP contribution in [-0.2, 0) is 9.59 Å². The van der Waals surface area contributed by atoms with E-state index < -0.39 is 17.9 Å². The number of carbonyl (C=O) groups is 2. The first-order chi connectivity index (χ1) is 16.0. The number of halogens is 4. The number of nitrogens with one attached hydrogen (secondary N) is 1. The largest absolute Gasteiger partial charge is 0.586 e. The van der Waals surface area contributed by atoms with Crippen LogP contribution >= 0.6 is 0 Å². The second-order valence-corrected chi connectivity index (χ2v) is 9.00. The topological polar surface area (TPSA) is 83.1 Å². The molecule has 0 radical (unpaired) electrons. The van der Waals surface area contributed by atoms with Gasteiger partial charge in [0.1, 0.15) is 18.1 Å². The fourth-order valence-electron chi connectivity index (χ4n) is 5.02. The average Bonchev–Trinajstić information content (AvgIpc) is 3.03. The standard InChI is InChI=1S/C23H19F4NO6/c24-16-3-1-14(5-17(16)25)31-8-13(29)7-21-10-22(11-21,12-21)28-20(30)9-32-15-2-4-18-19(6-15)34-23(26,27)33-18/h1-6H,7-12H2,(H,28,30).